The average molecular weight is 508 g/mol. The molecule has 0 atom stereocenters. The first-order valence-electron chi connectivity index (χ1n) is 13.4. The third-order valence-electron chi connectivity index (χ3n) is 7.24. The van der Waals surface area contributed by atoms with Crippen molar-refractivity contribution < 1.29 is 18.6 Å². The van der Waals surface area contributed by atoms with Gasteiger partial charge < -0.3 is 18.7 Å². The van der Waals surface area contributed by atoms with Gasteiger partial charge in [0.05, 0.1) is 6.10 Å². The quantitative estimate of drug-likeness (QED) is 0.315. The fraction of sp³-hybridized carbons (Fsp3) is 0.607. The van der Waals surface area contributed by atoms with Crippen molar-refractivity contribution in [2.45, 2.75) is 89.6 Å². The molecule has 0 saturated heterocycles. The monoisotopic (exact) mass is 507 g/mol. The molecule has 2 aliphatic rings. The minimum atomic E-state index is -0.124. The van der Waals surface area contributed by atoms with Crippen molar-refractivity contribution in [1.82, 2.24) is 20.3 Å². The summed E-state index contributed by atoms with van der Waals surface area (Å²) in [5, 5.41) is 8.25. The third kappa shape index (κ3) is 6.09. The van der Waals surface area contributed by atoms with E-state index in [2.05, 4.69) is 41.1 Å². The molecular weight excluding hydrogens is 470 g/mol. The van der Waals surface area contributed by atoms with Gasteiger partial charge in [-0.05, 0) is 56.7 Å². The number of anilines is 1. The number of aryl methyl sites for hydroxylation is 1. The van der Waals surface area contributed by atoms with Crippen LogP contribution in [0.25, 0.3) is 11.5 Å². The number of benzene rings is 1. The Morgan fingerprint density at radius 2 is 1.89 bits per heavy atom. The molecule has 2 saturated carbocycles. The second-order valence-corrected chi connectivity index (χ2v) is 11.4. The second kappa shape index (κ2) is 10.7. The van der Waals surface area contributed by atoms with Gasteiger partial charge in [-0.2, -0.15) is 9.97 Å². The van der Waals surface area contributed by atoms with Crippen LogP contribution in [0.2, 0.25) is 0 Å². The SMILES string of the molecule is COC1CC(C(=O)N(CCCCCc2nc(C(C)(C)C)no2)c2cccc(-c3nc(C4CC4)no3)c2)C1. The van der Waals surface area contributed by atoms with E-state index in [-0.39, 0.29) is 23.3 Å². The van der Waals surface area contributed by atoms with Crippen molar-refractivity contribution >= 4 is 11.6 Å². The Morgan fingerprint density at radius 3 is 2.59 bits per heavy atom. The van der Waals surface area contributed by atoms with Crippen LogP contribution in [-0.4, -0.2) is 45.9 Å². The molecule has 37 heavy (non-hydrogen) atoms. The lowest BCUT2D eigenvalue weighted by atomic mass is 9.81. The van der Waals surface area contributed by atoms with Crippen molar-refractivity contribution in [3.63, 3.8) is 0 Å². The molecule has 5 rings (SSSR count). The van der Waals surface area contributed by atoms with Gasteiger partial charge in [-0.1, -0.05) is 43.6 Å². The number of methoxy groups -OCH3 is 1. The number of hydrogen-bond acceptors (Lipinski definition) is 8. The maximum Gasteiger partial charge on any atom is 0.258 e. The molecule has 9 nitrogen and oxygen atoms in total. The van der Waals surface area contributed by atoms with Gasteiger partial charge in [-0.15, -0.1) is 0 Å². The molecule has 1 aromatic carbocycles. The molecular formula is C28H37N5O4. The molecule has 0 unspecified atom stereocenters. The number of nitrogens with zero attached hydrogens (tertiary/aromatic N) is 5. The Hall–Kier alpha value is -3.07. The number of unbranched alkanes of at least 4 members (excludes halogenated alkanes) is 2. The molecule has 2 aromatic heterocycles. The second-order valence-electron chi connectivity index (χ2n) is 11.4. The summed E-state index contributed by atoms with van der Waals surface area (Å²) in [6.07, 6.45) is 7.46. The van der Waals surface area contributed by atoms with E-state index in [0.717, 1.165) is 74.3 Å². The Kier molecular flexibility index (Phi) is 7.42. The van der Waals surface area contributed by atoms with E-state index >= 15 is 0 Å². The fourth-order valence-electron chi connectivity index (χ4n) is 4.60. The van der Waals surface area contributed by atoms with Gasteiger partial charge in [0.1, 0.15) is 0 Å². The summed E-state index contributed by atoms with van der Waals surface area (Å²) in [4.78, 5) is 24.5. The van der Waals surface area contributed by atoms with Crippen LogP contribution in [0.4, 0.5) is 5.69 Å². The van der Waals surface area contributed by atoms with Crippen molar-refractivity contribution in [2.75, 3.05) is 18.6 Å². The molecule has 3 aromatic rings. The fourth-order valence-corrected chi connectivity index (χ4v) is 4.60. The number of amides is 1. The Balaban J connectivity index is 1.23. The van der Waals surface area contributed by atoms with Gasteiger partial charge in [-0.3, -0.25) is 4.79 Å². The van der Waals surface area contributed by atoms with E-state index < -0.39 is 0 Å². The van der Waals surface area contributed by atoms with Crippen LogP contribution in [0.15, 0.2) is 33.3 Å². The molecule has 2 aliphatic carbocycles. The number of hydrogen-bond donors (Lipinski definition) is 0. The lowest BCUT2D eigenvalue weighted by Gasteiger charge is -2.37. The molecule has 0 bridgehead atoms. The Labute approximate surface area is 218 Å². The van der Waals surface area contributed by atoms with E-state index in [0.29, 0.717) is 24.2 Å². The summed E-state index contributed by atoms with van der Waals surface area (Å²) in [6, 6.07) is 7.88. The van der Waals surface area contributed by atoms with Crippen LogP contribution >= 0.6 is 0 Å². The third-order valence-corrected chi connectivity index (χ3v) is 7.24. The topological polar surface area (TPSA) is 107 Å². The summed E-state index contributed by atoms with van der Waals surface area (Å²) in [5.74, 6) is 3.28. The Morgan fingerprint density at radius 1 is 1.08 bits per heavy atom. The van der Waals surface area contributed by atoms with Crippen LogP contribution in [0.5, 0.6) is 0 Å². The van der Waals surface area contributed by atoms with Crippen molar-refractivity contribution in [2.24, 2.45) is 5.92 Å². The average Bonchev–Trinajstić information content (AvgIpc) is 3.36. The maximum atomic E-state index is 13.5. The van der Waals surface area contributed by atoms with E-state index in [4.69, 9.17) is 13.8 Å². The van der Waals surface area contributed by atoms with Gasteiger partial charge in [-0.25, -0.2) is 0 Å². The van der Waals surface area contributed by atoms with E-state index in [1.165, 1.54) is 0 Å². The molecule has 0 spiro atoms. The van der Waals surface area contributed by atoms with E-state index in [9.17, 15) is 4.79 Å². The van der Waals surface area contributed by atoms with Crippen LogP contribution < -0.4 is 4.90 Å². The molecule has 198 valence electrons. The van der Waals surface area contributed by atoms with E-state index in [1.54, 1.807) is 7.11 Å². The first-order chi connectivity index (χ1) is 17.8. The zero-order valence-corrected chi connectivity index (χ0v) is 22.3. The highest BCUT2D eigenvalue weighted by Gasteiger charge is 2.37. The van der Waals surface area contributed by atoms with Crippen LogP contribution in [-0.2, 0) is 21.4 Å². The number of carbonyl (C=O) groups is 1. The van der Waals surface area contributed by atoms with Gasteiger partial charge in [0, 0.05) is 48.6 Å². The summed E-state index contributed by atoms with van der Waals surface area (Å²) in [7, 11) is 1.71. The predicted molar refractivity (Wildman–Crippen MR) is 138 cm³/mol. The van der Waals surface area contributed by atoms with Crippen molar-refractivity contribution in [3.05, 3.63) is 41.8 Å². The highest BCUT2D eigenvalue weighted by molar-refractivity contribution is 5.96. The zero-order chi connectivity index (χ0) is 26.0. The molecule has 0 aliphatic heterocycles. The van der Waals surface area contributed by atoms with Crippen LogP contribution in [0, 0.1) is 5.92 Å². The first kappa shape index (κ1) is 25.6. The highest BCUT2D eigenvalue weighted by atomic mass is 16.5. The lowest BCUT2D eigenvalue weighted by Crippen LogP contribution is -2.45. The smallest absolute Gasteiger partial charge is 0.258 e. The number of aromatic nitrogens is 4. The summed E-state index contributed by atoms with van der Waals surface area (Å²) >= 11 is 0. The molecule has 9 heteroatoms. The standard InChI is InChI=1S/C28H37N5O4/c1-28(2,3)27-29-23(36-32-27)11-6-5-7-14-33(26(34)20-16-22(17-20)35-4)21-10-8-9-19(15-21)25-30-24(31-37-25)18-12-13-18/h8-10,15,18,20,22H,5-7,11-14,16-17H2,1-4H3. The van der Waals surface area contributed by atoms with Crippen LogP contribution in [0.1, 0.15) is 89.2 Å². The normalized spacial score (nSPS) is 19.6. The minimum Gasteiger partial charge on any atom is -0.381 e. The zero-order valence-electron chi connectivity index (χ0n) is 22.3. The first-order valence-corrected chi connectivity index (χ1v) is 13.4. The summed E-state index contributed by atoms with van der Waals surface area (Å²) < 4.78 is 16.4. The predicted octanol–water partition coefficient (Wildman–Crippen LogP) is 5.47. The van der Waals surface area contributed by atoms with Gasteiger partial charge >= 0.3 is 0 Å². The molecule has 0 radical (unpaired) electrons. The lowest BCUT2D eigenvalue weighted by molar-refractivity contribution is -0.129. The maximum absolute atomic E-state index is 13.5. The van der Waals surface area contributed by atoms with Crippen LogP contribution in [0.3, 0.4) is 0 Å². The van der Waals surface area contributed by atoms with Gasteiger partial charge in [0.15, 0.2) is 11.6 Å². The molecule has 2 fully saturated rings. The van der Waals surface area contributed by atoms with Crippen molar-refractivity contribution in [3.8, 4) is 11.5 Å². The number of ether oxygens (including phenoxy) is 1. The summed E-state index contributed by atoms with van der Waals surface area (Å²) in [5.41, 5.74) is 1.58. The summed E-state index contributed by atoms with van der Waals surface area (Å²) in [6.45, 7) is 6.86. The molecule has 1 amide bonds. The van der Waals surface area contributed by atoms with Gasteiger partial charge in [0.2, 0.25) is 11.8 Å². The number of rotatable bonds is 11. The molecule has 0 N–H and O–H groups in total. The number of carbonyl (C=O) groups excluding carboxylic acids is 1. The van der Waals surface area contributed by atoms with E-state index in [1.807, 2.05) is 29.2 Å². The Bertz CT molecular complexity index is 1200. The van der Waals surface area contributed by atoms with Crippen molar-refractivity contribution in [1.29, 1.82) is 0 Å². The molecule has 2 heterocycles. The highest BCUT2D eigenvalue weighted by Crippen LogP contribution is 2.39. The van der Waals surface area contributed by atoms with Gasteiger partial charge in [0.25, 0.3) is 5.89 Å². The largest absolute Gasteiger partial charge is 0.381 e. The minimum absolute atomic E-state index is 0.00677.